The van der Waals surface area contributed by atoms with E-state index in [2.05, 4.69) is 38.5 Å². The number of rotatable bonds is 2. The standard InChI is InChI=1S/C16H16BrN3.C2H7NOS/c1-11-3-2-6-20(10-11)16-7-12(9-18)14-8-13(17)4-5-15(14)19-16;1-3-5(2)4/h4-5,7-8,11H,2-3,6,10H2,1H3;3H,1-2H3. The van der Waals surface area contributed by atoms with Crippen LogP contribution in [0.1, 0.15) is 25.3 Å². The lowest BCUT2D eigenvalue weighted by atomic mass is 10.00. The summed E-state index contributed by atoms with van der Waals surface area (Å²) in [5, 5.41) is 10.3. The molecule has 7 heteroatoms. The number of fused-ring (bicyclic) bond motifs is 1. The number of nitrogens with one attached hydrogen (secondary N) is 1. The Morgan fingerprint density at radius 3 is 2.76 bits per heavy atom. The van der Waals surface area contributed by atoms with Crippen molar-refractivity contribution in [3.8, 4) is 6.07 Å². The summed E-state index contributed by atoms with van der Waals surface area (Å²) < 4.78 is 13.3. The van der Waals surface area contributed by atoms with Crippen LogP contribution in [0.3, 0.4) is 0 Å². The molecule has 3 rings (SSSR count). The largest absolute Gasteiger partial charge is 0.356 e. The summed E-state index contributed by atoms with van der Waals surface area (Å²) in [6, 6.07) is 10.1. The van der Waals surface area contributed by atoms with Gasteiger partial charge in [-0.3, -0.25) is 0 Å². The van der Waals surface area contributed by atoms with Crippen LogP contribution >= 0.6 is 15.9 Å². The van der Waals surface area contributed by atoms with E-state index in [9.17, 15) is 9.47 Å². The first-order valence-electron chi connectivity index (χ1n) is 8.20. The first-order valence-corrected chi connectivity index (χ1v) is 10.6. The minimum Gasteiger partial charge on any atom is -0.356 e. The molecule has 1 aliphatic rings. The molecular weight excluding hydrogens is 400 g/mol. The molecule has 1 N–H and O–H groups in total. The van der Waals surface area contributed by atoms with Crippen molar-refractivity contribution in [2.45, 2.75) is 19.8 Å². The van der Waals surface area contributed by atoms with Crippen molar-refractivity contribution >= 4 is 43.6 Å². The second-order valence-electron chi connectivity index (χ2n) is 6.15. The molecule has 1 aliphatic heterocycles. The summed E-state index contributed by atoms with van der Waals surface area (Å²) >= 11 is 3.45. The first-order chi connectivity index (χ1) is 11.9. The quantitative estimate of drug-likeness (QED) is 0.802. The SMILES string of the molecule is CC1CCCN(c2cc(C#N)c3cc(Br)ccc3n2)C1.CNS(C)=O. The molecule has 134 valence electrons. The van der Waals surface area contributed by atoms with Gasteiger partial charge in [-0.15, -0.1) is 0 Å². The molecule has 1 fully saturated rings. The summed E-state index contributed by atoms with van der Waals surface area (Å²) in [6.45, 7) is 4.33. The van der Waals surface area contributed by atoms with E-state index >= 15 is 0 Å². The van der Waals surface area contributed by atoms with Gasteiger partial charge < -0.3 is 4.90 Å². The fourth-order valence-corrected chi connectivity index (χ4v) is 3.20. The van der Waals surface area contributed by atoms with Gasteiger partial charge in [0, 0.05) is 29.2 Å². The first kappa shape index (κ1) is 19.8. The molecule has 5 nitrogen and oxygen atoms in total. The maximum absolute atomic E-state index is 9.81. The van der Waals surface area contributed by atoms with Gasteiger partial charge in [-0.1, -0.05) is 22.9 Å². The fraction of sp³-hybridized carbons (Fsp3) is 0.444. The number of hydrogen-bond acceptors (Lipinski definition) is 4. The Hall–Kier alpha value is -1.49. The van der Waals surface area contributed by atoms with Gasteiger partial charge in [0.15, 0.2) is 0 Å². The molecular formula is C18H23BrN4OS. The Balaban J connectivity index is 0.000000399. The normalized spacial score (nSPS) is 18.2. The molecule has 2 atom stereocenters. The number of nitrogens with zero attached hydrogens (tertiary/aromatic N) is 3. The molecule has 2 unspecified atom stereocenters. The number of pyridine rings is 1. The van der Waals surface area contributed by atoms with Crippen LogP contribution in [0, 0.1) is 17.2 Å². The Bertz CT molecular complexity index is 805. The van der Waals surface area contributed by atoms with Gasteiger partial charge in [-0.05, 0) is 50.1 Å². The van der Waals surface area contributed by atoms with E-state index in [4.69, 9.17) is 4.98 Å². The molecule has 0 radical (unpaired) electrons. The predicted molar refractivity (Wildman–Crippen MR) is 108 cm³/mol. The second-order valence-corrected chi connectivity index (χ2v) is 8.39. The summed E-state index contributed by atoms with van der Waals surface area (Å²) in [7, 11) is 0.826. The van der Waals surface area contributed by atoms with Crippen molar-refractivity contribution < 1.29 is 4.21 Å². The molecule has 0 aliphatic carbocycles. The zero-order valence-electron chi connectivity index (χ0n) is 14.8. The molecule has 0 amide bonds. The predicted octanol–water partition coefficient (Wildman–Crippen LogP) is 3.60. The van der Waals surface area contributed by atoms with E-state index < -0.39 is 11.0 Å². The molecule has 25 heavy (non-hydrogen) atoms. The number of halogens is 1. The zero-order valence-corrected chi connectivity index (χ0v) is 17.2. The number of nitriles is 1. The molecule has 0 saturated carbocycles. The molecule has 1 saturated heterocycles. The monoisotopic (exact) mass is 422 g/mol. The van der Waals surface area contributed by atoms with E-state index in [1.165, 1.54) is 12.8 Å². The van der Waals surface area contributed by atoms with Crippen molar-refractivity contribution in [2.24, 2.45) is 5.92 Å². The Labute approximate surface area is 160 Å². The summed E-state index contributed by atoms with van der Waals surface area (Å²) in [6.07, 6.45) is 4.06. The number of piperidine rings is 1. The van der Waals surface area contributed by atoms with Gasteiger partial charge in [-0.25, -0.2) is 13.9 Å². The lowest BCUT2D eigenvalue weighted by molar-refractivity contribution is 0.445. The lowest BCUT2D eigenvalue weighted by Crippen LogP contribution is -2.34. The molecule has 0 spiro atoms. The molecule has 2 heterocycles. The van der Waals surface area contributed by atoms with Gasteiger partial charge in [-0.2, -0.15) is 5.26 Å². The molecule has 0 bridgehead atoms. The molecule has 1 aromatic carbocycles. The highest BCUT2D eigenvalue weighted by atomic mass is 79.9. The van der Waals surface area contributed by atoms with Crippen LogP contribution in [-0.4, -0.2) is 35.6 Å². The average Bonchev–Trinajstić information content (AvgIpc) is 2.61. The summed E-state index contributed by atoms with van der Waals surface area (Å²) in [5.74, 6) is 1.62. The van der Waals surface area contributed by atoms with Crippen LogP contribution in [0.2, 0.25) is 0 Å². The van der Waals surface area contributed by atoms with Crippen LogP contribution in [-0.2, 0) is 11.0 Å². The number of anilines is 1. The van der Waals surface area contributed by atoms with Gasteiger partial charge in [0.05, 0.1) is 28.1 Å². The van der Waals surface area contributed by atoms with Gasteiger partial charge in [0.1, 0.15) is 5.82 Å². The molecule has 2 aromatic rings. The third-order valence-electron chi connectivity index (χ3n) is 4.15. The minimum absolute atomic E-state index is 0.691. The number of hydrogen-bond donors (Lipinski definition) is 1. The molecule has 1 aromatic heterocycles. The van der Waals surface area contributed by atoms with Crippen molar-refractivity contribution in [3.05, 3.63) is 34.3 Å². The van der Waals surface area contributed by atoms with Crippen molar-refractivity contribution in [2.75, 3.05) is 31.3 Å². The maximum Gasteiger partial charge on any atom is 0.130 e. The highest BCUT2D eigenvalue weighted by Gasteiger charge is 2.19. The van der Waals surface area contributed by atoms with Gasteiger partial charge >= 0.3 is 0 Å². The summed E-state index contributed by atoms with van der Waals surface area (Å²) in [4.78, 5) is 7.04. The number of benzene rings is 1. The van der Waals surface area contributed by atoms with E-state index in [-0.39, 0.29) is 0 Å². The highest BCUT2D eigenvalue weighted by molar-refractivity contribution is 9.10. The van der Waals surface area contributed by atoms with E-state index in [0.717, 1.165) is 34.3 Å². The lowest BCUT2D eigenvalue weighted by Gasteiger charge is -2.32. The van der Waals surface area contributed by atoms with Crippen LogP contribution < -0.4 is 9.62 Å². The van der Waals surface area contributed by atoms with Crippen molar-refractivity contribution in [1.29, 1.82) is 5.26 Å². The minimum atomic E-state index is -0.823. The Morgan fingerprint density at radius 1 is 1.44 bits per heavy atom. The maximum atomic E-state index is 9.81. The highest BCUT2D eigenvalue weighted by Crippen LogP contribution is 2.27. The topological polar surface area (TPSA) is 69.0 Å². The second kappa shape index (κ2) is 9.27. The van der Waals surface area contributed by atoms with E-state index in [1.54, 1.807) is 13.3 Å². The zero-order chi connectivity index (χ0) is 18.4. The smallest absolute Gasteiger partial charge is 0.130 e. The van der Waals surface area contributed by atoms with Gasteiger partial charge in [0.25, 0.3) is 0 Å². The Morgan fingerprint density at radius 2 is 2.16 bits per heavy atom. The van der Waals surface area contributed by atoms with Crippen LogP contribution in [0.4, 0.5) is 5.82 Å². The average molecular weight is 423 g/mol. The third-order valence-corrected chi connectivity index (χ3v) is 5.21. The van der Waals surface area contributed by atoms with E-state index in [1.807, 2.05) is 24.3 Å². The number of aromatic nitrogens is 1. The third kappa shape index (κ3) is 5.50. The van der Waals surface area contributed by atoms with Crippen LogP contribution in [0.25, 0.3) is 10.9 Å². The Kier molecular flexibility index (Phi) is 7.36. The van der Waals surface area contributed by atoms with Crippen molar-refractivity contribution in [3.63, 3.8) is 0 Å². The van der Waals surface area contributed by atoms with E-state index in [0.29, 0.717) is 11.5 Å². The van der Waals surface area contributed by atoms with Crippen molar-refractivity contribution in [1.82, 2.24) is 9.71 Å². The van der Waals surface area contributed by atoms with Crippen LogP contribution in [0.15, 0.2) is 28.7 Å². The van der Waals surface area contributed by atoms with Crippen LogP contribution in [0.5, 0.6) is 0 Å². The summed E-state index contributed by atoms with van der Waals surface area (Å²) in [5.41, 5.74) is 1.59. The fourth-order valence-electron chi connectivity index (χ4n) is 2.84. The van der Waals surface area contributed by atoms with Gasteiger partial charge in [0.2, 0.25) is 0 Å².